The summed E-state index contributed by atoms with van der Waals surface area (Å²) >= 11 is 0. The van der Waals surface area contributed by atoms with E-state index in [0.717, 1.165) is 0 Å². The molecule has 0 bridgehead atoms. The maximum absolute atomic E-state index is 9.12. The van der Waals surface area contributed by atoms with Gasteiger partial charge in [0.15, 0.2) is 0 Å². The van der Waals surface area contributed by atoms with Gasteiger partial charge in [-0.15, -0.1) is 0 Å². The largest absolute Gasteiger partial charge is 0.480 e. The molecule has 0 saturated heterocycles. The van der Waals surface area contributed by atoms with Crippen LogP contribution < -0.4 is 0 Å². The SMILES string of the molecule is O=C(O)CO.[K]. The number of aliphatic hydroxyl groups excluding tert-OH is 1. The molecule has 0 spiro atoms. The Labute approximate surface area is 77.8 Å². The Balaban J connectivity index is 0. The zero-order chi connectivity index (χ0) is 4.28. The van der Waals surface area contributed by atoms with E-state index >= 15 is 0 Å². The predicted molar refractivity (Wildman–Crippen MR) is 20.5 cm³/mol. The van der Waals surface area contributed by atoms with Gasteiger partial charge in [-0.25, -0.2) is 4.79 Å². The first-order valence-electron chi connectivity index (χ1n) is 1.10. The molecule has 0 heterocycles. The summed E-state index contributed by atoms with van der Waals surface area (Å²) in [6.07, 6.45) is 0. The van der Waals surface area contributed by atoms with E-state index in [0.29, 0.717) is 0 Å². The van der Waals surface area contributed by atoms with Crippen molar-refractivity contribution in [2.24, 2.45) is 0 Å². The summed E-state index contributed by atoms with van der Waals surface area (Å²) in [4.78, 5) is 9.12. The fraction of sp³-hybridized carbons (Fsp3) is 0.500. The fourth-order valence-electron chi connectivity index (χ4n) is 0. The van der Waals surface area contributed by atoms with E-state index in [9.17, 15) is 0 Å². The normalized spacial score (nSPS) is 6.17. The van der Waals surface area contributed by atoms with E-state index in [2.05, 4.69) is 0 Å². The van der Waals surface area contributed by atoms with Crippen LogP contribution in [-0.4, -0.2) is 74.2 Å². The maximum atomic E-state index is 9.12. The van der Waals surface area contributed by atoms with Gasteiger partial charge in [0.2, 0.25) is 0 Å². The molecule has 3 nitrogen and oxygen atoms in total. The standard InChI is InChI=1S/C2H4O3.K/c3-1-2(4)5;/h3H,1H2,(H,4,5);. The summed E-state index contributed by atoms with van der Waals surface area (Å²) < 4.78 is 0. The van der Waals surface area contributed by atoms with Crippen molar-refractivity contribution in [2.75, 3.05) is 6.61 Å². The van der Waals surface area contributed by atoms with Crippen molar-refractivity contribution in [3.05, 3.63) is 0 Å². The molecular formula is C2H4KO3. The van der Waals surface area contributed by atoms with Gasteiger partial charge < -0.3 is 10.2 Å². The third-order valence-electron chi connectivity index (χ3n) is 0.135. The molecule has 31 valence electrons. The average Bonchev–Trinajstić information content (AvgIpc) is 1.38. The molecule has 0 aliphatic heterocycles. The first-order valence-corrected chi connectivity index (χ1v) is 1.10. The number of rotatable bonds is 1. The Morgan fingerprint density at radius 1 is 1.67 bits per heavy atom. The summed E-state index contributed by atoms with van der Waals surface area (Å²) in [5, 5.41) is 15.0. The minimum absolute atomic E-state index is 0. The molecule has 0 rings (SSSR count). The van der Waals surface area contributed by atoms with Gasteiger partial charge in [0.25, 0.3) is 0 Å². The Morgan fingerprint density at radius 2 is 1.83 bits per heavy atom. The minimum atomic E-state index is -1.19. The van der Waals surface area contributed by atoms with Crippen LogP contribution in [-0.2, 0) is 4.79 Å². The smallest absolute Gasteiger partial charge is 0.329 e. The molecule has 0 saturated carbocycles. The Hall–Kier alpha value is 1.07. The van der Waals surface area contributed by atoms with Crippen LogP contribution in [0.3, 0.4) is 0 Å². The van der Waals surface area contributed by atoms with Crippen molar-refractivity contribution in [1.29, 1.82) is 0 Å². The van der Waals surface area contributed by atoms with E-state index in [-0.39, 0.29) is 51.4 Å². The molecule has 0 unspecified atom stereocenters. The van der Waals surface area contributed by atoms with Crippen LogP contribution in [0.5, 0.6) is 0 Å². The number of carboxylic acids is 1. The Bertz CT molecular complexity index is 44.1. The van der Waals surface area contributed by atoms with Crippen molar-refractivity contribution >= 4 is 57.4 Å². The van der Waals surface area contributed by atoms with E-state index in [1.54, 1.807) is 0 Å². The van der Waals surface area contributed by atoms with Gasteiger partial charge in [-0.2, -0.15) is 0 Å². The van der Waals surface area contributed by atoms with Crippen LogP contribution in [0, 0.1) is 0 Å². The van der Waals surface area contributed by atoms with Crippen LogP contribution in [0.2, 0.25) is 0 Å². The number of hydrogen-bond donors (Lipinski definition) is 2. The third kappa shape index (κ3) is 8.91. The van der Waals surface area contributed by atoms with Gasteiger partial charge in [-0.1, -0.05) is 0 Å². The van der Waals surface area contributed by atoms with Gasteiger partial charge in [0, 0.05) is 51.4 Å². The molecule has 0 aromatic heterocycles. The summed E-state index contributed by atoms with van der Waals surface area (Å²) in [5.74, 6) is -1.19. The van der Waals surface area contributed by atoms with Gasteiger partial charge in [-0.05, 0) is 0 Å². The van der Waals surface area contributed by atoms with Crippen molar-refractivity contribution in [3.63, 3.8) is 0 Å². The average molecular weight is 115 g/mol. The van der Waals surface area contributed by atoms with E-state index in [1.165, 1.54) is 0 Å². The first kappa shape index (κ1) is 10.1. The minimum Gasteiger partial charge on any atom is -0.480 e. The molecular weight excluding hydrogens is 111 g/mol. The predicted octanol–water partition coefficient (Wildman–Crippen LogP) is -1.32. The van der Waals surface area contributed by atoms with Gasteiger partial charge in [0.05, 0.1) is 0 Å². The molecule has 0 atom stereocenters. The van der Waals surface area contributed by atoms with E-state index in [4.69, 9.17) is 15.0 Å². The zero-order valence-corrected chi connectivity index (χ0v) is 6.63. The van der Waals surface area contributed by atoms with E-state index < -0.39 is 12.6 Å². The molecule has 6 heavy (non-hydrogen) atoms. The molecule has 0 aromatic carbocycles. The van der Waals surface area contributed by atoms with Crippen LogP contribution >= 0.6 is 0 Å². The topological polar surface area (TPSA) is 57.5 Å². The molecule has 4 heteroatoms. The number of hydrogen-bond acceptors (Lipinski definition) is 2. The van der Waals surface area contributed by atoms with Gasteiger partial charge in [-0.3, -0.25) is 0 Å². The van der Waals surface area contributed by atoms with Crippen LogP contribution in [0.1, 0.15) is 0 Å². The monoisotopic (exact) mass is 115 g/mol. The maximum Gasteiger partial charge on any atom is 0.329 e. The molecule has 0 aliphatic rings. The summed E-state index contributed by atoms with van der Waals surface area (Å²) in [5.41, 5.74) is 0. The quantitative estimate of drug-likeness (QED) is 0.417. The fourth-order valence-corrected chi connectivity index (χ4v) is 0. The van der Waals surface area contributed by atoms with Crippen molar-refractivity contribution in [2.45, 2.75) is 0 Å². The van der Waals surface area contributed by atoms with Crippen molar-refractivity contribution in [1.82, 2.24) is 0 Å². The molecule has 0 fully saturated rings. The van der Waals surface area contributed by atoms with Gasteiger partial charge in [0.1, 0.15) is 6.61 Å². The van der Waals surface area contributed by atoms with Crippen LogP contribution in [0.15, 0.2) is 0 Å². The van der Waals surface area contributed by atoms with Crippen molar-refractivity contribution < 1.29 is 15.0 Å². The molecule has 2 N–H and O–H groups in total. The third-order valence-corrected chi connectivity index (χ3v) is 0.135. The molecule has 0 aromatic rings. The van der Waals surface area contributed by atoms with E-state index in [1.807, 2.05) is 0 Å². The van der Waals surface area contributed by atoms with Crippen LogP contribution in [0.25, 0.3) is 0 Å². The molecule has 0 amide bonds. The summed E-state index contributed by atoms with van der Waals surface area (Å²) in [7, 11) is 0. The zero-order valence-electron chi connectivity index (χ0n) is 3.51. The van der Waals surface area contributed by atoms with Crippen LogP contribution in [0.4, 0.5) is 0 Å². The van der Waals surface area contributed by atoms with Crippen molar-refractivity contribution in [3.8, 4) is 0 Å². The number of aliphatic carboxylic acids is 1. The number of aliphatic hydroxyl groups is 1. The second kappa shape index (κ2) is 6.07. The Morgan fingerprint density at radius 3 is 1.83 bits per heavy atom. The summed E-state index contributed by atoms with van der Waals surface area (Å²) in [6, 6.07) is 0. The van der Waals surface area contributed by atoms with Gasteiger partial charge >= 0.3 is 5.97 Å². The second-order valence-corrected chi connectivity index (χ2v) is 0.552. The Kier molecular flexibility index (Phi) is 10.2. The molecule has 1 radical (unpaired) electrons. The first-order chi connectivity index (χ1) is 2.27. The summed E-state index contributed by atoms with van der Waals surface area (Å²) in [6.45, 7) is -0.778. The number of carbonyl (C=O) groups is 1. The molecule has 0 aliphatic carbocycles. The second-order valence-electron chi connectivity index (χ2n) is 0.552. The number of carboxylic acid groups (broad SMARTS) is 1.